The Morgan fingerprint density at radius 1 is 1.14 bits per heavy atom. The molecule has 0 bridgehead atoms. The van der Waals surface area contributed by atoms with E-state index < -0.39 is 20.9 Å². The number of thiazole rings is 1. The van der Waals surface area contributed by atoms with Crippen LogP contribution in [-0.2, 0) is 16.3 Å². The van der Waals surface area contributed by atoms with Crippen molar-refractivity contribution in [1.82, 2.24) is 4.98 Å². The molecule has 1 aliphatic heterocycles. The number of rotatable bonds is 5. The standard InChI is InChI=1S/C22H23FN2O2S2/c1-2-16-6-8-17(9-7-16)21-15-28-22(24-21)25-12-10-19(11-13-25)29(26,27)20-5-3-4-18(23)14-20/h3-9,14-15,19H,2,10-13H2,1H3. The average molecular weight is 431 g/mol. The lowest BCUT2D eigenvalue weighted by Crippen LogP contribution is -2.39. The summed E-state index contributed by atoms with van der Waals surface area (Å²) in [5, 5.41) is 2.48. The first-order valence-corrected chi connectivity index (χ1v) is 12.2. The van der Waals surface area contributed by atoms with Crippen LogP contribution in [0.3, 0.4) is 0 Å². The normalized spacial score (nSPS) is 15.6. The lowest BCUT2D eigenvalue weighted by Gasteiger charge is -2.31. The molecule has 2 heterocycles. The molecule has 152 valence electrons. The van der Waals surface area contributed by atoms with Gasteiger partial charge >= 0.3 is 0 Å². The number of nitrogens with zero attached hydrogens (tertiary/aromatic N) is 2. The van der Waals surface area contributed by atoms with Crippen molar-refractivity contribution in [3.05, 3.63) is 65.3 Å². The van der Waals surface area contributed by atoms with E-state index >= 15 is 0 Å². The second-order valence-electron chi connectivity index (χ2n) is 7.25. The molecule has 0 aliphatic carbocycles. The van der Waals surface area contributed by atoms with Crippen LogP contribution in [0.2, 0.25) is 0 Å². The first kappa shape index (κ1) is 20.0. The second-order valence-corrected chi connectivity index (χ2v) is 10.3. The highest BCUT2D eigenvalue weighted by molar-refractivity contribution is 7.92. The molecule has 4 nitrogen and oxygen atoms in total. The van der Waals surface area contributed by atoms with Gasteiger partial charge in [-0.2, -0.15) is 0 Å². The molecule has 1 aliphatic rings. The third-order valence-electron chi connectivity index (χ3n) is 5.43. The molecule has 1 saturated heterocycles. The Morgan fingerprint density at radius 2 is 1.86 bits per heavy atom. The Kier molecular flexibility index (Phi) is 5.69. The molecule has 0 N–H and O–H groups in total. The van der Waals surface area contributed by atoms with Crippen LogP contribution in [0.5, 0.6) is 0 Å². The molecule has 29 heavy (non-hydrogen) atoms. The van der Waals surface area contributed by atoms with Gasteiger partial charge in [-0.3, -0.25) is 0 Å². The Hall–Kier alpha value is -2.25. The van der Waals surface area contributed by atoms with Crippen LogP contribution < -0.4 is 4.90 Å². The highest BCUT2D eigenvalue weighted by Crippen LogP contribution is 2.32. The monoisotopic (exact) mass is 430 g/mol. The lowest BCUT2D eigenvalue weighted by atomic mass is 10.1. The first-order valence-electron chi connectivity index (χ1n) is 9.76. The van der Waals surface area contributed by atoms with Gasteiger partial charge in [-0.25, -0.2) is 17.8 Å². The van der Waals surface area contributed by atoms with Crippen molar-refractivity contribution < 1.29 is 12.8 Å². The van der Waals surface area contributed by atoms with Crippen LogP contribution in [-0.4, -0.2) is 31.7 Å². The summed E-state index contributed by atoms with van der Waals surface area (Å²) in [5.74, 6) is -0.522. The quantitative estimate of drug-likeness (QED) is 0.574. The topological polar surface area (TPSA) is 50.3 Å². The predicted octanol–water partition coefficient (Wildman–Crippen LogP) is 4.95. The van der Waals surface area contributed by atoms with Gasteiger partial charge in [-0.15, -0.1) is 11.3 Å². The van der Waals surface area contributed by atoms with Crippen molar-refractivity contribution in [1.29, 1.82) is 0 Å². The lowest BCUT2D eigenvalue weighted by molar-refractivity contribution is 0.528. The zero-order valence-corrected chi connectivity index (χ0v) is 17.8. The number of benzene rings is 2. The van der Waals surface area contributed by atoms with Gasteiger partial charge in [0.2, 0.25) is 0 Å². The Morgan fingerprint density at radius 3 is 2.52 bits per heavy atom. The molecule has 1 aromatic heterocycles. The van der Waals surface area contributed by atoms with E-state index in [0.717, 1.165) is 28.9 Å². The summed E-state index contributed by atoms with van der Waals surface area (Å²) in [6.07, 6.45) is 2.04. The van der Waals surface area contributed by atoms with Gasteiger partial charge in [0.05, 0.1) is 15.8 Å². The van der Waals surface area contributed by atoms with Crippen molar-refractivity contribution in [2.75, 3.05) is 18.0 Å². The van der Waals surface area contributed by atoms with E-state index in [1.807, 2.05) is 5.38 Å². The third kappa shape index (κ3) is 4.21. The molecular weight excluding hydrogens is 407 g/mol. The van der Waals surface area contributed by atoms with Gasteiger partial charge in [-0.1, -0.05) is 37.3 Å². The van der Waals surface area contributed by atoms with E-state index in [1.165, 1.54) is 23.8 Å². The minimum Gasteiger partial charge on any atom is -0.348 e. The molecule has 2 aromatic carbocycles. The van der Waals surface area contributed by atoms with E-state index in [-0.39, 0.29) is 4.90 Å². The summed E-state index contributed by atoms with van der Waals surface area (Å²) < 4.78 is 39.1. The highest BCUT2D eigenvalue weighted by atomic mass is 32.2. The average Bonchev–Trinajstić information content (AvgIpc) is 3.24. The summed E-state index contributed by atoms with van der Waals surface area (Å²) in [7, 11) is -3.52. The number of halogens is 1. The summed E-state index contributed by atoms with van der Waals surface area (Å²) >= 11 is 1.58. The zero-order valence-electron chi connectivity index (χ0n) is 16.2. The van der Waals surface area contributed by atoms with Gasteiger partial charge < -0.3 is 4.90 Å². The SMILES string of the molecule is CCc1ccc(-c2csc(N3CCC(S(=O)(=O)c4cccc(F)c4)CC3)n2)cc1. The molecule has 0 atom stereocenters. The Balaban J connectivity index is 1.44. The fourth-order valence-electron chi connectivity index (χ4n) is 3.65. The Bertz CT molecular complexity index is 1090. The number of piperidine rings is 1. The molecule has 0 radical (unpaired) electrons. The van der Waals surface area contributed by atoms with E-state index in [4.69, 9.17) is 4.98 Å². The van der Waals surface area contributed by atoms with Crippen molar-refractivity contribution in [2.45, 2.75) is 36.3 Å². The smallest absolute Gasteiger partial charge is 0.185 e. The number of anilines is 1. The molecule has 0 spiro atoms. The van der Waals surface area contributed by atoms with E-state index in [1.54, 1.807) is 11.3 Å². The van der Waals surface area contributed by atoms with Gasteiger partial charge in [0.15, 0.2) is 15.0 Å². The van der Waals surface area contributed by atoms with Gasteiger partial charge in [-0.05, 0) is 43.0 Å². The molecule has 7 heteroatoms. The van der Waals surface area contributed by atoms with Crippen LogP contribution in [0.25, 0.3) is 11.3 Å². The molecular formula is C22H23FN2O2S2. The fraction of sp³-hybridized carbons (Fsp3) is 0.318. The van der Waals surface area contributed by atoms with Crippen LogP contribution in [0, 0.1) is 5.82 Å². The molecule has 3 aromatic rings. The highest BCUT2D eigenvalue weighted by Gasteiger charge is 2.32. The van der Waals surface area contributed by atoms with Crippen LogP contribution in [0.15, 0.2) is 58.8 Å². The molecule has 0 unspecified atom stereocenters. The largest absolute Gasteiger partial charge is 0.348 e. The summed E-state index contributed by atoms with van der Waals surface area (Å²) in [4.78, 5) is 6.98. The van der Waals surface area contributed by atoms with Crippen LogP contribution in [0.4, 0.5) is 9.52 Å². The third-order valence-corrected chi connectivity index (χ3v) is 8.59. The number of sulfone groups is 1. The van der Waals surface area contributed by atoms with E-state index in [0.29, 0.717) is 25.9 Å². The second kappa shape index (κ2) is 8.24. The summed E-state index contributed by atoms with van der Waals surface area (Å²) in [6, 6.07) is 13.7. The number of aromatic nitrogens is 1. The van der Waals surface area contributed by atoms with E-state index in [2.05, 4.69) is 36.1 Å². The Labute approximate surface area is 175 Å². The van der Waals surface area contributed by atoms with Crippen molar-refractivity contribution in [2.24, 2.45) is 0 Å². The maximum atomic E-state index is 13.5. The molecule has 0 amide bonds. The van der Waals surface area contributed by atoms with Crippen molar-refractivity contribution in [3.63, 3.8) is 0 Å². The zero-order chi connectivity index (χ0) is 20.4. The molecule has 0 saturated carbocycles. The predicted molar refractivity (Wildman–Crippen MR) is 116 cm³/mol. The summed E-state index contributed by atoms with van der Waals surface area (Å²) in [6.45, 7) is 3.38. The minimum atomic E-state index is -3.52. The van der Waals surface area contributed by atoms with Gasteiger partial charge in [0.1, 0.15) is 5.82 Å². The maximum absolute atomic E-state index is 13.5. The van der Waals surface area contributed by atoms with Crippen molar-refractivity contribution in [3.8, 4) is 11.3 Å². The number of hydrogen-bond donors (Lipinski definition) is 0. The van der Waals surface area contributed by atoms with E-state index in [9.17, 15) is 12.8 Å². The summed E-state index contributed by atoms with van der Waals surface area (Å²) in [5.41, 5.74) is 3.33. The minimum absolute atomic E-state index is 0.0722. The fourth-order valence-corrected chi connectivity index (χ4v) is 6.30. The molecule has 4 rings (SSSR count). The van der Waals surface area contributed by atoms with Gasteiger partial charge in [0.25, 0.3) is 0 Å². The molecule has 1 fully saturated rings. The van der Waals surface area contributed by atoms with Crippen LogP contribution >= 0.6 is 11.3 Å². The number of hydrogen-bond acceptors (Lipinski definition) is 5. The van der Waals surface area contributed by atoms with Crippen molar-refractivity contribution >= 4 is 26.3 Å². The van der Waals surface area contributed by atoms with Gasteiger partial charge in [0, 0.05) is 24.0 Å². The number of aryl methyl sites for hydroxylation is 1. The maximum Gasteiger partial charge on any atom is 0.185 e. The first-order chi connectivity index (χ1) is 14.0. The van der Waals surface area contributed by atoms with Crippen LogP contribution in [0.1, 0.15) is 25.3 Å².